The lowest BCUT2D eigenvalue weighted by Gasteiger charge is -2.16. The van der Waals surface area contributed by atoms with E-state index in [-0.39, 0.29) is 30.7 Å². The van der Waals surface area contributed by atoms with Crippen molar-refractivity contribution in [2.45, 2.75) is 32.7 Å². The van der Waals surface area contributed by atoms with Gasteiger partial charge >= 0.3 is 0 Å². The Morgan fingerprint density at radius 3 is 2.67 bits per heavy atom. The molecule has 0 unspecified atom stereocenters. The number of benzene rings is 1. The largest absolute Gasteiger partial charge is 0.309 e. The van der Waals surface area contributed by atoms with Gasteiger partial charge in [-0.3, -0.25) is 9.89 Å². The lowest BCUT2D eigenvalue weighted by molar-refractivity contribution is -0.118. The van der Waals surface area contributed by atoms with Crippen molar-refractivity contribution in [1.82, 2.24) is 14.5 Å². The minimum Gasteiger partial charge on any atom is -0.309 e. The average molecular weight is 348 g/mol. The van der Waals surface area contributed by atoms with E-state index in [1.165, 1.54) is 4.31 Å². The summed E-state index contributed by atoms with van der Waals surface area (Å²) in [7, 11) is -3.44. The van der Waals surface area contributed by atoms with E-state index in [9.17, 15) is 13.2 Å². The number of hydrogen-bond acceptors (Lipinski definition) is 4. The van der Waals surface area contributed by atoms with Gasteiger partial charge in [0.25, 0.3) is 0 Å². The fraction of sp³-hybridized carbons (Fsp3) is 0.375. The van der Waals surface area contributed by atoms with Gasteiger partial charge in [0.1, 0.15) is 0 Å². The number of hydrogen-bond donors (Lipinski definition) is 2. The summed E-state index contributed by atoms with van der Waals surface area (Å²) in [4.78, 5) is 11.8. The van der Waals surface area contributed by atoms with E-state index >= 15 is 0 Å². The molecule has 7 nitrogen and oxygen atoms in total. The van der Waals surface area contributed by atoms with Gasteiger partial charge in [0.15, 0.2) is 5.82 Å². The predicted molar refractivity (Wildman–Crippen MR) is 90.4 cm³/mol. The van der Waals surface area contributed by atoms with Crippen LogP contribution >= 0.6 is 0 Å². The number of amides is 1. The van der Waals surface area contributed by atoms with E-state index in [0.717, 1.165) is 16.8 Å². The second-order valence-corrected chi connectivity index (χ2v) is 8.15. The van der Waals surface area contributed by atoms with Crippen molar-refractivity contribution in [3.05, 3.63) is 47.2 Å². The van der Waals surface area contributed by atoms with E-state index in [2.05, 4.69) is 15.5 Å². The van der Waals surface area contributed by atoms with Crippen LogP contribution < -0.4 is 5.32 Å². The Morgan fingerprint density at radius 1 is 1.29 bits per heavy atom. The molecule has 0 radical (unpaired) electrons. The Bertz CT molecular complexity index is 843. The molecule has 0 aliphatic carbocycles. The summed E-state index contributed by atoms with van der Waals surface area (Å²) < 4.78 is 26.6. The van der Waals surface area contributed by atoms with E-state index in [1.807, 2.05) is 18.2 Å². The summed E-state index contributed by atoms with van der Waals surface area (Å²) in [6.07, 6.45) is 0. The van der Waals surface area contributed by atoms with Crippen LogP contribution in [-0.2, 0) is 33.7 Å². The first-order chi connectivity index (χ1) is 11.4. The molecule has 8 heteroatoms. The summed E-state index contributed by atoms with van der Waals surface area (Å²) in [6, 6.07) is 9.08. The first-order valence-electron chi connectivity index (χ1n) is 7.75. The molecule has 1 amide bonds. The molecular formula is C16H20N4O3S. The number of H-pyrrole nitrogens is 1. The summed E-state index contributed by atoms with van der Waals surface area (Å²) >= 11 is 0. The molecule has 0 bridgehead atoms. The minimum atomic E-state index is -3.44. The second kappa shape index (κ2) is 6.37. The molecule has 24 heavy (non-hydrogen) atoms. The normalized spacial score (nSPS) is 14.8. The quantitative estimate of drug-likeness (QED) is 0.862. The molecule has 0 spiro atoms. The molecule has 1 aromatic heterocycles. The van der Waals surface area contributed by atoms with Gasteiger partial charge in [-0.15, -0.1) is 0 Å². The number of carbonyl (C=O) groups excluding carboxylic acids is 1. The van der Waals surface area contributed by atoms with E-state index in [4.69, 9.17) is 0 Å². The summed E-state index contributed by atoms with van der Waals surface area (Å²) in [5.74, 6) is 0.0619. The maximum atomic E-state index is 12.6. The van der Waals surface area contributed by atoms with Crippen molar-refractivity contribution in [3.63, 3.8) is 0 Å². The van der Waals surface area contributed by atoms with E-state index in [0.29, 0.717) is 5.82 Å². The van der Waals surface area contributed by atoms with Crippen LogP contribution in [-0.4, -0.2) is 28.8 Å². The predicted octanol–water partition coefficient (Wildman–Crippen LogP) is 1.85. The van der Waals surface area contributed by atoms with Crippen LogP contribution in [0.25, 0.3) is 0 Å². The van der Waals surface area contributed by atoms with Gasteiger partial charge in [-0.05, 0) is 5.56 Å². The Morgan fingerprint density at radius 2 is 2.00 bits per heavy atom. The molecule has 2 aromatic rings. The zero-order valence-corrected chi connectivity index (χ0v) is 14.4. The molecule has 0 atom stereocenters. The van der Waals surface area contributed by atoms with Crippen LogP contribution in [0.2, 0.25) is 0 Å². The average Bonchev–Trinajstić information content (AvgIpc) is 3.10. The molecule has 128 valence electrons. The van der Waals surface area contributed by atoms with Crippen LogP contribution in [0, 0.1) is 5.92 Å². The molecule has 1 aliphatic rings. The molecule has 3 rings (SSSR count). The highest BCUT2D eigenvalue weighted by molar-refractivity contribution is 7.88. The molecule has 0 fully saturated rings. The number of aromatic amines is 1. The SMILES string of the molecule is CC(C)C(=O)Nc1n[nH]c2c1CN(S(=O)(=O)Cc1ccccc1)C2. The molecule has 0 saturated carbocycles. The number of sulfonamides is 1. The lowest BCUT2D eigenvalue weighted by Crippen LogP contribution is -2.27. The first kappa shape index (κ1) is 16.7. The number of nitrogens with one attached hydrogen (secondary N) is 2. The first-order valence-corrected chi connectivity index (χ1v) is 9.36. The Balaban J connectivity index is 1.74. The number of fused-ring (bicyclic) bond motifs is 1. The smallest absolute Gasteiger partial charge is 0.228 e. The summed E-state index contributed by atoms with van der Waals surface area (Å²) in [5, 5.41) is 9.65. The van der Waals surface area contributed by atoms with Crippen molar-refractivity contribution in [1.29, 1.82) is 0 Å². The number of nitrogens with zero attached hydrogens (tertiary/aromatic N) is 2. The molecule has 0 saturated heterocycles. The van der Waals surface area contributed by atoms with Gasteiger partial charge in [0, 0.05) is 18.0 Å². The molecule has 1 aliphatic heterocycles. The fourth-order valence-electron chi connectivity index (χ4n) is 2.55. The van der Waals surface area contributed by atoms with Crippen molar-refractivity contribution in [3.8, 4) is 0 Å². The Hall–Kier alpha value is -2.19. The van der Waals surface area contributed by atoms with Crippen molar-refractivity contribution < 1.29 is 13.2 Å². The molecule has 2 heterocycles. The van der Waals surface area contributed by atoms with Crippen molar-refractivity contribution in [2.75, 3.05) is 5.32 Å². The van der Waals surface area contributed by atoms with Crippen LogP contribution in [0.5, 0.6) is 0 Å². The zero-order chi connectivity index (χ0) is 17.3. The van der Waals surface area contributed by atoms with Gasteiger partial charge in [-0.2, -0.15) is 9.40 Å². The van der Waals surface area contributed by atoms with Crippen molar-refractivity contribution >= 4 is 21.7 Å². The third-order valence-electron chi connectivity index (χ3n) is 3.97. The molecule has 2 N–H and O–H groups in total. The molecule has 1 aromatic carbocycles. The van der Waals surface area contributed by atoms with Crippen LogP contribution in [0.1, 0.15) is 30.7 Å². The van der Waals surface area contributed by atoms with Crippen LogP contribution in [0.4, 0.5) is 5.82 Å². The van der Waals surface area contributed by atoms with Gasteiger partial charge in [0.2, 0.25) is 15.9 Å². The monoisotopic (exact) mass is 348 g/mol. The van der Waals surface area contributed by atoms with Crippen molar-refractivity contribution in [2.24, 2.45) is 5.92 Å². The third kappa shape index (κ3) is 3.34. The Kier molecular flexibility index (Phi) is 4.42. The second-order valence-electron chi connectivity index (χ2n) is 6.18. The summed E-state index contributed by atoms with van der Waals surface area (Å²) in [5.41, 5.74) is 2.21. The highest BCUT2D eigenvalue weighted by Crippen LogP contribution is 2.30. The van der Waals surface area contributed by atoms with Gasteiger partial charge < -0.3 is 5.32 Å². The topological polar surface area (TPSA) is 95.2 Å². The minimum absolute atomic E-state index is 0.0424. The zero-order valence-electron chi connectivity index (χ0n) is 13.6. The van der Waals surface area contributed by atoms with Crippen LogP contribution in [0.15, 0.2) is 30.3 Å². The standard InChI is InChI=1S/C16H20N4O3S/c1-11(2)16(21)17-15-13-8-20(9-14(13)18-19-15)24(22,23)10-12-6-4-3-5-7-12/h3-7,11H,8-10H2,1-2H3,(H2,17,18,19,21). The van der Waals surface area contributed by atoms with Gasteiger partial charge in [0.05, 0.1) is 18.0 Å². The van der Waals surface area contributed by atoms with Gasteiger partial charge in [-0.25, -0.2) is 8.42 Å². The molecular weight excluding hydrogens is 328 g/mol. The highest BCUT2D eigenvalue weighted by Gasteiger charge is 2.33. The van der Waals surface area contributed by atoms with E-state index < -0.39 is 10.0 Å². The summed E-state index contributed by atoms with van der Waals surface area (Å²) in [6.45, 7) is 4.04. The number of carbonyl (C=O) groups is 1. The maximum Gasteiger partial charge on any atom is 0.228 e. The maximum absolute atomic E-state index is 12.6. The number of rotatable bonds is 5. The number of aromatic nitrogens is 2. The fourth-order valence-corrected chi connectivity index (χ4v) is 4.00. The lowest BCUT2D eigenvalue weighted by atomic mass is 10.2. The number of anilines is 1. The Labute approximate surface area is 141 Å². The highest BCUT2D eigenvalue weighted by atomic mass is 32.2. The van der Waals surface area contributed by atoms with Crippen LogP contribution in [0.3, 0.4) is 0 Å². The van der Waals surface area contributed by atoms with E-state index in [1.54, 1.807) is 26.0 Å². The third-order valence-corrected chi connectivity index (χ3v) is 5.72. The van der Waals surface area contributed by atoms with Gasteiger partial charge in [-0.1, -0.05) is 44.2 Å².